The van der Waals surface area contributed by atoms with Crippen molar-refractivity contribution in [2.24, 2.45) is 0 Å². The van der Waals surface area contributed by atoms with Crippen LogP contribution in [-0.4, -0.2) is 43.9 Å². The summed E-state index contributed by atoms with van der Waals surface area (Å²) in [5.74, 6) is 1.73. The third-order valence-corrected chi connectivity index (χ3v) is 6.36. The van der Waals surface area contributed by atoms with Crippen molar-refractivity contribution in [3.8, 4) is 0 Å². The molecule has 2 rings (SSSR count). The van der Waals surface area contributed by atoms with Crippen LogP contribution in [-0.2, 0) is 18.0 Å². The van der Waals surface area contributed by atoms with Gasteiger partial charge in [-0.1, -0.05) is 26.6 Å². The lowest BCUT2D eigenvalue weighted by Gasteiger charge is -2.24. The summed E-state index contributed by atoms with van der Waals surface area (Å²) >= 11 is 0. The van der Waals surface area contributed by atoms with Crippen molar-refractivity contribution in [3.05, 3.63) is 17.7 Å². The number of nitrogens with one attached hydrogen (secondary N) is 2. The molecule has 0 spiro atoms. The zero-order valence-corrected chi connectivity index (χ0v) is 17.0. The molecule has 0 radical (unpaired) electrons. The summed E-state index contributed by atoms with van der Waals surface area (Å²) in [5, 5.41) is 6.93. The van der Waals surface area contributed by atoms with E-state index < -0.39 is 8.07 Å². The van der Waals surface area contributed by atoms with Gasteiger partial charge in [-0.15, -0.1) is 0 Å². The van der Waals surface area contributed by atoms with Crippen LogP contribution in [0.5, 0.6) is 0 Å². The number of imidazole rings is 1. The summed E-state index contributed by atoms with van der Waals surface area (Å²) in [7, 11) is -1.04. The fourth-order valence-electron chi connectivity index (χ4n) is 3.07. The average Bonchev–Trinajstić information content (AvgIpc) is 2.95. The molecule has 138 valence electrons. The van der Waals surface area contributed by atoms with Crippen LogP contribution in [0, 0.1) is 0 Å². The van der Waals surface area contributed by atoms with E-state index >= 15 is 0 Å². The number of piperidine rings is 1. The summed E-state index contributed by atoms with van der Waals surface area (Å²) in [6.07, 6.45) is 5.63. The van der Waals surface area contributed by atoms with E-state index in [1.807, 2.05) is 0 Å². The second-order valence-corrected chi connectivity index (χ2v) is 13.7. The molecule has 6 heteroatoms. The number of nitrogens with zero attached hydrogens (tertiary/aromatic N) is 2. The standard InChI is InChI=1S/C18H36N4OSi/c1-5-8-20-14-18-21-13-17(16-6-9-19-10-7-16)22(18)15-23-11-12-24(2,3)4/h13,16,19-20H,5-12,14-15H2,1-4H3. The van der Waals surface area contributed by atoms with Crippen LogP contribution >= 0.6 is 0 Å². The number of rotatable bonds is 10. The summed E-state index contributed by atoms with van der Waals surface area (Å²) in [6.45, 7) is 15.0. The Bertz CT molecular complexity index is 478. The molecule has 1 saturated heterocycles. The van der Waals surface area contributed by atoms with Gasteiger partial charge in [0, 0.05) is 32.5 Å². The molecule has 1 fully saturated rings. The number of aromatic nitrogens is 2. The second-order valence-electron chi connectivity index (χ2n) is 8.08. The third-order valence-electron chi connectivity index (χ3n) is 4.65. The SMILES string of the molecule is CCCNCc1ncc(C2CCNCC2)n1COCC[Si](C)(C)C. The second kappa shape index (κ2) is 9.70. The molecule has 1 aromatic heterocycles. The van der Waals surface area contributed by atoms with Gasteiger partial charge in [0.15, 0.2) is 0 Å². The maximum Gasteiger partial charge on any atom is 0.124 e. The van der Waals surface area contributed by atoms with Crippen molar-refractivity contribution in [1.29, 1.82) is 0 Å². The Labute approximate surface area is 148 Å². The van der Waals surface area contributed by atoms with Crippen LogP contribution in [0.25, 0.3) is 0 Å². The predicted octanol–water partition coefficient (Wildman–Crippen LogP) is 3.16. The minimum absolute atomic E-state index is 0.610. The van der Waals surface area contributed by atoms with Gasteiger partial charge in [-0.2, -0.15) is 0 Å². The monoisotopic (exact) mass is 352 g/mol. The predicted molar refractivity (Wildman–Crippen MR) is 103 cm³/mol. The molecular formula is C18H36N4OSi. The van der Waals surface area contributed by atoms with E-state index in [2.05, 4.69) is 48.0 Å². The van der Waals surface area contributed by atoms with Gasteiger partial charge in [0.2, 0.25) is 0 Å². The van der Waals surface area contributed by atoms with E-state index in [0.29, 0.717) is 12.6 Å². The van der Waals surface area contributed by atoms with Crippen molar-refractivity contribution in [1.82, 2.24) is 20.2 Å². The van der Waals surface area contributed by atoms with Crippen molar-refractivity contribution in [3.63, 3.8) is 0 Å². The number of hydrogen-bond donors (Lipinski definition) is 2. The third kappa shape index (κ3) is 6.31. The van der Waals surface area contributed by atoms with E-state index in [-0.39, 0.29) is 0 Å². The maximum absolute atomic E-state index is 6.05. The minimum atomic E-state index is -1.04. The van der Waals surface area contributed by atoms with Gasteiger partial charge in [-0.05, 0) is 44.9 Å². The first-order chi connectivity index (χ1) is 11.5. The highest BCUT2D eigenvalue weighted by Gasteiger charge is 2.21. The molecule has 2 heterocycles. The van der Waals surface area contributed by atoms with Crippen LogP contribution in [0.15, 0.2) is 6.20 Å². The first kappa shape index (κ1) is 19.6. The highest BCUT2D eigenvalue weighted by molar-refractivity contribution is 6.76. The van der Waals surface area contributed by atoms with Gasteiger partial charge in [0.25, 0.3) is 0 Å². The van der Waals surface area contributed by atoms with Gasteiger partial charge in [0.05, 0.1) is 6.54 Å². The average molecular weight is 353 g/mol. The van der Waals surface area contributed by atoms with Crippen molar-refractivity contribution >= 4 is 8.07 Å². The van der Waals surface area contributed by atoms with Gasteiger partial charge in [-0.25, -0.2) is 4.98 Å². The molecular weight excluding hydrogens is 316 g/mol. The Morgan fingerprint density at radius 1 is 1.33 bits per heavy atom. The summed E-state index contributed by atoms with van der Waals surface area (Å²) < 4.78 is 8.37. The maximum atomic E-state index is 6.05. The Balaban J connectivity index is 2.00. The van der Waals surface area contributed by atoms with Crippen LogP contribution < -0.4 is 10.6 Å². The molecule has 0 saturated carbocycles. The lowest BCUT2D eigenvalue weighted by molar-refractivity contribution is 0.0818. The molecule has 1 aliphatic heterocycles. The Kier molecular flexibility index (Phi) is 7.94. The Morgan fingerprint density at radius 3 is 2.75 bits per heavy atom. The van der Waals surface area contributed by atoms with Crippen LogP contribution in [0.3, 0.4) is 0 Å². The normalized spacial score (nSPS) is 16.7. The quantitative estimate of drug-likeness (QED) is 0.502. The smallest absolute Gasteiger partial charge is 0.124 e. The molecule has 24 heavy (non-hydrogen) atoms. The van der Waals surface area contributed by atoms with E-state index in [9.17, 15) is 0 Å². The molecule has 1 aromatic rings. The molecule has 0 aliphatic carbocycles. The molecule has 0 bridgehead atoms. The molecule has 2 N–H and O–H groups in total. The number of ether oxygens (including phenoxy) is 1. The summed E-state index contributed by atoms with van der Waals surface area (Å²) in [4.78, 5) is 4.70. The van der Waals surface area contributed by atoms with Crippen molar-refractivity contribution in [2.45, 2.75) is 71.1 Å². The highest BCUT2D eigenvalue weighted by Crippen LogP contribution is 2.26. The van der Waals surface area contributed by atoms with Gasteiger partial charge in [0.1, 0.15) is 12.6 Å². The fraction of sp³-hybridized carbons (Fsp3) is 0.833. The van der Waals surface area contributed by atoms with E-state index in [4.69, 9.17) is 9.72 Å². The van der Waals surface area contributed by atoms with Crippen LogP contribution in [0.1, 0.15) is 43.6 Å². The Morgan fingerprint density at radius 2 is 2.08 bits per heavy atom. The minimum Gasteiger partial charge on any atom is -0.361 e. The van der Waals surface area contributed by atoms with Crippen LogP contribution in [0.2, 0.25) is 25.7 Å². The molecule has 0 unspecified atom stereocenters. The van der Waals surface area contributed by atoms with Crippen LogP contribution in [0.4, 0.5) is 0 Å². The largest absolute Gasteiger partial charge is 0.361 e. The summed E-state index contributed by atoms with van der Waals surface area (Å²) in [5.41, 5.74) is 1.36. The fourth-order valence-corrected chi connectivity index (χ4v) is 3.83. The van der Waals surface area contributed by atoms with Crippen molar-refractivity contribution < 1.29 is 4.74 Å². The highest BCUT2D eigenvalue weighted by atomic mass is 28.3. The van der Waals surface area contributed by atoms with E-state index in [1.54, 1.807) is 0 Å². The first-order valence-corrected chi connectivity index (χ1v) is 13.3. The first-order valence-electron chi connectivity index (χ1n) is 9.54. The zero-order valence-electron chi connectivity index (χ0n) is 16.0. The molecule has 0 amide bonds. The molecule has 0 atom stereocenters. The zero-order chi connectivity index (χ0) is 17.4. The number of hydrogen-bond acceptors (Lipinski definition) is 4. The van der Waals surface area contributed by atoms with Crippen molar-refractivity contribution in [2.75, 3.05) is 26.2 Å². The van der Waals surface area contributed by atoms with Gasteiger partial charge < -0.3 is 19.9 Å². The molecule has 0 aromatic carbocycles. The van der Waals surface area contributed by atoms with E-state index in [0.717, 1.165) is 45.0 Å². The van der Waals surface area contributed by atoms with Gasteiger partial charge in [-0.3, -0.25) is 0 Å². The summed E-state index contributed by atoms with van der Waals surface area (Å²) in [6, 6.07) is 1.22. The molecule has 1 aliphatic rings. The van der Waals surface area contributed by atoms with E-state index in [1.165, 1.54) is 24.6 Å². The molecule has 5 nitrogen and oxygen atoms in total. The van der Waals surface area contributed by atoms with Gasteiger partial charge >= 0.3 is 0 Å². The lowest BCUT2D eigenvalue weighted by atomic mass is 9.95. The lowest BCUT2D eigenvalue weighted by Crippen LogP contribution is -2.28. The topological polar surface area (TPSA) is 51.1 Å². The Hall–Kier alpha value is -0.693.